The van der Waals surface area contributed by atoms with Crippen molar-refractivity contribution in [3.63, 3.8) is 0 Å². The topological polar surface area (TPSA) is 42.8 Å². The van der Waals surface area contributed by atoms with Gasteiger partial charge in [-0.2, -0.15) is 12.1 Å². The van der Waals surface area contributed by atoms with E-state index in [4.69, 9.17) is 39.1 Å². The Morgan fingerprint density at radius 2 is 0.967 bits per heavy atom. The van der Waals surface area contributed by atoms with E-state index >= 15 is 0 Å². The van der Waals surface area contributed by atoms with Crippen LogP contribution >= 0.6 is 0 Å². The molecule has 0 bridgehead atoms. The fourth-order valence-corrected chi connectivity index (χ4v) is 11.3. The van der Waals surface area contributed by atoms with E-state index in [-0.39, 0.29) is 94.1 Å². The molecule has 3 heterocycles. The van der Waals surface area contributed by atoms with Crippen LogP contribution in [0.4, 0.5) is 22.7 Å². The molecule has 0 atom stereocenters. The average molecular weight is 1380 g/mol. The van der Waals surface area contributed by atoms with Crippen molar-refractivity contribution < 1.29 is 58.0 Å². The van der Waals surface area contributed by atoms with Crippen LogP contribution in [-0.2, 0) is 37.3 Å². The Morgan fingerprint density at radius 1 is 0.429 bits per heavy atom. The van der Waals surface area contributed by atoms with E-state index in [1.165, 1.54) is 0 Å². The van der Waals surface area contributed by atoms with Gasteiger partial charge in [0.25, 0.3) is 0 Å². The summed E-state index contributed by atoms with van der Waals surface area (Å²) in [6, 6.07) is 35.8. The van der Waals surface area contributed by atoms with Crippen LogP contribution in [0.25, 0.3) is 83.3 Å². The zero-order chi connectivity index (χ0) is 79.3. The van der Waals surface area contributed by atoms with Gasteiger partial charge < -0.3 is 23.8 Å². The SMILES string of the molecule is [2H]c1c([2H])c([2H])c(-c2cc(-c3cc(C(C)(C)C)cc(-c4c([2H])c([2H])c([2H])c([2H])c4[2H])c3Oc3ccnc(-n4c5[c-]c(Oc6[c-]c(N7[CH-]N(c8c(-c9c([2H])c([2H])c([2H])c([2H])c9[2H])cccc8-c8c([2H])c([2H])c([2H])c([2H])c8[2H])c8ccccc87)ccc6)ccc5c5cc(C(C)(C)C)ccc54)c3)cc(C(C)(C)C)c2)c([2H])c1[2H].[Pt]. The summed E-state index contributed by atoms with van der Waals surface area (Å²) in [5, 5.41) is 1.63. The van der Waals surface area contributed by atoms with Gasteiger partial charge in [0, 0.05) is 89.7 Å². The third kappa shape index (κ3) is 11.9. The Bertz CT molecular complexity index is 5880. The molecule has 0 N–H and O–H groups in total. The first-order chi connectivity index (χ1) is 51.8. The summed E-state index contributed by atoms with van der Waals surface area (Å²) in [5.41, 5.74) is 4.86. The fourth-order valence-electron chi connectivity index (χ4n) is 11.3. The van der Waals surface area contributed by atoms with Gasteiger partial charge in [-0.05, 0) is 114 Å². The molecule has 91 heavy (non-hydrogen) atoms. The van der Waals surface area contributed by atoms with Crippen molar-refractivity contribution in [2.24, 2.45) is 0 Å². The number of nitrogens with zero attached hydrogens (tertiary/aromatic N) is 4. The summed E-state index contributed by atoms with van der Waals surface area (Å²) in [6.07, 6.45) is 1.57. The summed E-state index contributed by atoms with van der Waals surface area (Å²) in [5.74, 6) is 1.12. The van der Waals surface area contributed by atoms with Crippen molar-refractivity contribution >= 4 is 44.6 Å². The van der Waals surface area contributed by atoms with Gasteiger partial charge in [-0.25, -0.2) is 4.98 Å². The molecule has 452 valence electrons. The molecule has 0 radical (unpaired) electrons. The first kappa shape index (κ1) is 40.8. The first-order valence-electron chi connectivity index (χ1n) is 39.4. The number of benzene rings is 11. The molecule has 0 aliphatic carbocycles. The van der Waals surface area contributed by atoms with Gasteiger partial charge >= 0.3 is 0 Å². The average Bonchev–Trinajstić information content (AvgIpc) is 1.54. The van der Waals surface area contributed by atoms with Crippen molar-refractivity contribution in [1.29, 1.82) is 0 Å². The molecule has 0 saturated carbocycles. The molecule has 1 aliphatic heterocycles. The Kier molecular flexibility index (Phi) is 10.9. The Hall–Kier alpha value is -9.74. The quantitative estimate of drug-likeness (QED) is 0.114. The number of ether oxygens (including phenoxy) is 2. The molecule has 1 aliphatic rings. The number of rotatable bonds is 12. The molecule has 0 unspecified atom stereocenters. The number of pyridine rings is 1. The van der Waals surface area contributed by atoms with Gasteiger partial charge in [-0.1, -0.05) is 243 Å². The van der Waals surface area contributed by atoms with Crippen LogP contribution in [0.3, 0.4) is 0 Å². The van der Waals surface area contributed by atoms with E-state index < -0.39 is 132 Å². The second-order valence-corrected chi connectivity index (χ2v) is 25.1. The van der Waals surface area contributed by atoms with Crippen molar-refractivity contribution in [3.8, 4) is 84.5 Å². The van der Waals surface area contributed by atoms with E-state index in [1.807, 2.05) is 82.5 Å². The zero-order valence-electron chi connectivity index (χ0n) is 71.3. The second kappa shape index (κ2) is 24.2. The fraction of sp³-hybridized carbons (Fsp3) is 0.143. The molecular formula is C84H71N4O2Pt-3. The van der Waals surface area contributed by atoms with Gasteiger partial charge in [0.2, 0.25) is 0 Å². The van der Waals surface area contributed by atoms with E-state index in [0.29, 0.717) is 50.7 Å². The maximum absolute atomic E-state index is 9.47. The largest absolute Gasteiger partial charge is 0.509 e. The predicted octanol–water partition coefficient (Wildman–Crippen LogP) is 23.0. The van der Waals surface area contributed by atoms with Crippen molar-refractivity contribution in [2.75, 3.05) is 9.80 Å². The monoisotopic (exact) mass is 1380 g/mol. The van der Waals surface area contributed by atoms with E-state index in [2.05, 4.69) is 45.0 Å². The summed E-state index contributed by atoms with van der Waals surface area (Å²) < 4.78 is 194. The molecule has 0 amide bonds. The standard InChI is InChI=1S/C84H71N4O2.Pt/c1-82(2,3)62-40-43-75-74(49-62)71-42-41-67(89-66-35-24-34-65(52-66)86-55-87(77-39-23-22-38-76(77)86)80-69(57-28-16-11-17-29-57)36-25-37-70(80)58-30-18-12-19-31-58)53-78(71)88(75)79-54-68(44-45-85-79)90-81-72(59-32-20-13-21-33-59)50-64(84(7,8)9)51-73(81)61-46-60(56-26-14-10-15-27-56)47-63(48-61)83(4,5)6;/h10-51,54-55H,1-9H3;/q-3;/i10D,11D,12D,13D,14D,15D,16D,17D,18D,19D,20D,21D,26D,27D,28D,29D,30D,31D,32D,33D;. The van der Waals surface area contributed by atoms with Crippen LogP contribution in [0, 0.1) is 18.8 Å². The molecule has 14 rings (SSSR count). The van der Waals surface area contributed by atoms with Gasteiger partial charge in [0.1, 0.15) is 17.3 Å². The number of anilines is 4. The minimum atomic E-state index is -0.644. The summed E-state index contributed by atoms with van der Waals surface area (Å²) in [6.45, 7) is 20.0. The summed E-state index contributed by atoms with van der Waals surface area (Å²) in [7, 11) is 0. The first-order valence-corrected chi connectivity index (χ1v) is 29.4. The molecule has 2 aromatic heterocycles. The predicted molar refractivity (Wildman–Crippen MR) is 374 cm³/mol. The summed E-state index contributed by atoms with van der Waals surface area (Å²) in [4.78, 5) is 8.48. The normalized spacial score (nSPS) is 15.6. The van der Waals surface area contributed by atoms with Crippen LogP contribution in [-0.4, -0.2) is 9.55 Å². The zero-order valence-corrected chi connectivity index (χ0v) is 53.6. The van der Waals surface area contributed by atoms with E-state index in [9.17, 15) is 2.74 Å². The second-order valence-electron chi connectivity index (χ2n) is 25.1. The maximum Gasteiger partial charge on any atom is 0.143 e. The molecule has 0 saturated heterocycles. The van der Waals surface area contributed by atoms with Crippen molar-refractivity contribution in [2.45, 2.75) is 78.6 Å². The van der Waals surface area contributed by atoms with Gasteiger partial charge in [-0.15, -0.1) is 48.1 Å². The molecule has 0 spiro atoms. The number of fused-ring (bicyclic) bond motifs is 4. The molecular weight excluding hydrogens is 1290 g/mol. The number of aromatic nitrogens is 2. The maximum atomic E-state index is 9.47. The minimum absolute atomic E-state index is 0. The third-order valence-corrected chi connectivity index (χ3v) is 16.0. The third-order valence-electron chi connectivity index (χ3n) is 16.0. The van der Waals surface area contributed by atoms with Crippen LogP contribution in [0.1, 0.15) is 106 Å². The Labute approximate surface area is 578 Å². The van der Waals surface area contributed by atoms with Gasteiger partial charge in [0.05, 0.1) is 27.4 Å². The Balaban J connectivity index is 0.0000108. The number of hydrogen-bond donors (Lipinski definition) is 0. The molecule has 11 aromatic carbocycles. The molecule has 0 fully saturated rings. The van der Waals surface area contributed by atoms with Crippen molar-refractivity contribution in [3.05, 3.63) is 296 Å². The van der Waals surface area contributed by atoms with Crippen LogP contribution in [0.15, 0.2) is 261 Å². The molecule has 6 nitrogen and oxygen atoms in total. The molecule has 13 aromatic rings. The van der Waals surface area contributed by atoms with E-state index in [1.54, 1.807) is 108 Å². The van der Waals surface area contributed by atoms with E-state index in [0.717, 1.165) is 27.4 Å². The smallest absolute Gasteiger partial charge is 0.143 e. The number of hydrogen-bond acceptors (Lipinski definition) is 5. The number of para-hydroxylation sites is 3. The Morgan fingerprint density at radius 3 is 1.58 bits per heavy atom. The van der Waals surface area contributed by atoms with Gasteiger partial charge in [0.15, 0.2) is 0 Å². The minimum Gasteiger partial charge on any atom is -0.509 e. The van der Waals surface area contributed by atoms with Gasteiger partial charge in [-0.3, -0.25) is 0 Å². The summed E-state index contributed by atoms with van der Waals surface area (Å²) >= 11 is 0. The van der Waals surface area contributed by atoms with Crippen LogP contribution < -0.4 is 19.3 Å². The van der Waals surface area contributed by atoms with Crippen molar-refractivity contribution in [1.82, 2.24) is 9.55 Å². The van der Waals surface area contributed by atoms with Crippen LogP contribution in [0.2, 0.25) is 0 Å². The van der Waals surface area contributed by atoms with Crippen LogP contribution in [0.5, 0.6) is 23.0 Å². The molecule has 7 heteroatoms.